The molecule has 4 heteroatoms. The zero-order chi connectivity index (χ0) is 10.1. The summed E-state index contributed by atoms with van der Waals surface area (Å²) in [4.78, 5) is 25.7. The Morgan fingerprint density at radius 2 is 2.43 bits per heavy atom. The first kappa shape index (κ1) is 9.27. The zero-order valence-electron chi connectivity index (χ0n) is 7.90. The maximum atomic E-state index is 11.3. The van der Waals surface area contributed by atoms with Crippen LogP contribution in [-0.4, -0.2) is 31.1 Å². The Balaban J connectivity index is 2.42. The van der Waals surface area contributed by atoms with Crippen molar-refractivity contribution in [3.05, 3.63) is 11.1 Å². The van der Waals surface area contributed by atoms with E-state index in [9.17, 15) is 9.59 Å². The van der Waals surface area contributed by atoms with Crippen molar-refractivity contribution in [2.24, 2.45) is 10.9 Å². The number of carbonyl (C=O) groups is 2. The van der Waals surface area contributed by atoms with Crippen LogP contribution in [0.5, 0.6) is 0 Å². The Hall–Kier alpha value is -1.29. The van der Waals surface area contributed by atoms with Crippen LogP contribution >= 0.6 is 0 Å². The summed E-state index contributed by atoms with van der Waals surface area (Å²) in [5.74, 6) is -1.02. The smallest absolute Gasteiger partial charge is 0.260 e. The average Bonchev–Trinajstić information content (AvgIpc) is 2.18. The second-order valence-corrected chi connectivity index (χ2v) is 3.45. The minimum Gasteiger partial charge on any atom is -0.373 e. The van der Waals surface area contributed by atoms with Crippen molar-refractivity contribution in [2.45, 2.75) is 19.4 Å². The fraction of sp³-hybridized carbons (Fsp3) is 0.500. The maximum absolute atomic E-state index is 11.3. The molecular weight excluding hydrogens is 182 g/mol. The highest BCUT2D eigenvalue weighted by molar-refractivity contribution is 6.05. The minimum absolute atomic E-state index is 0.0574. The predicted octanol–water partition coefficient (Wildman–Crippen LogP) is 0.518. The van der Waals surface area contributed by atoms with Gasteiger partial charge in [0.05, 0.1) is 12.7 Å². The quantitative estimate of drug-likeness (QED) is 0.450. The largest absolute Gasteiger partial charge is 0.373 e. The van der Waals surface area contributed by atoms with E-state index in [0.29, 0.717) is 19.3 Å². The summed E-state index contributed by atoms with van der Waals surface area (Å²) in [6, 6.07) is 0. The number of aliphatic imine (C=N–C) groups is 1. The van der Waals surface area contributed by atoms with Crippen molar-refractivity contribution in [1.82, 2.24) is 0 Å². The molecule has 0 aromatic carbocycles. The highest BCUT2D eigenvalue weighted by Gasteiger charge is 2.31. The van der Waals surface area contributed by atoms with Gasteiger partial charge in [0, 0.05) is 6.21 Å². The molecular formula is C10H11NO3. The van der Waals surface area contributed by atoms with Crippen LogP contribution in [0.15, 0.2) is 16.1 Å². The number of aldehydes is 1. The van der Waals surface area contributed by atoms with Gasteiger partial charge >= 0.3 is 0 Å². The normalized spacial score (nSPS) is 31.6. The molecule has 2 aliphatic heterocycles. The van der Waals surface area contributed by atoms with Gasteiger partial charge in [-0.15, -0.1) is 0 Å². The number of nitrogens with zero attached hydrogens (tertiary/aromatic N) is 1. The van der Waals surface area contributed by atoms with Gasteiger partial charge in [0.25, 0.3) is 5.91 Å². The Kier molecular flexibility index (Phi) is 2.29. The van der Waals surface area contributed by atoms with Gasteiger partial charge in [-0.1, -0.05) is 0 Å². The van der Waals surface area contributed by atoms with Crippen molar-refractivity contribution >= 4 is 18.4 Å². The lowest BCUT2D eigenvalue weighted by molar-refractivity contribution is -0.125. The van der Waals surface area contributed by atoms with Crippen molar-refractivity contribution in [1.29, 1.82) is 0 Å². The molecule has 0 aromatic rings. The molecule has 2 atom stereocenters. The molecule has 0 saturated heterocycles. The third kappa shape index (κ3) is 1.32. The van der Waals surface area contributed by atoms with E-state index in [-0.39, 0.29) is 12.0 Å². The molecule has 0 saturated carbocycles. The molecule has 1 amide bonds. The van der Waals surface area contributed by atoms with Gasteiger partial charge in [-0.05, 0) is 24.5 Å². The summed E-state index contributed by atoms with van der Waals surface area (Å²) in [6.45, 7) is 2.48. The predicted molar refractivity (Wildman–Crippen MR) is 50.1 cm³/mol. The lowest BCUT2D eigenvalue weighted by Gasteiger charge is -2.28. The second-order valence-electron chi connectivity index (χ2n) is 3.45. The van der Waals surface area contributed by atoms with Crippen molar-refractivity contribution in [3.63, 3.8) is 0 Å². The van der Waals surface area contributed by atoms with Crippen LogP contribution in [0.1, 0.15) is 13.3 Å². The molecule has 0 bridgehead atoms. The number of hydrogen-bond donors (Lipinski definition) is 0. The first-order chi connectivity index (χ1) is 6.74. The van der Waals surface area contributed by atoms with Gasteiger partial charge in [-0.3, -0.25) is 4.79 Å². The fourth-order valence-electron chi connectivity index (χ4n) is 1.87. The van der Waals surface area contributed by atoms with E-state index in [1.807, 2.05) is 6.92 Å². The van der Waals surface area contributed by atoms with Crippen LogP contribution in [0.25, 0.3) is 0 Å². The lowest BCUT2D eigenvalue weighted by atomic mass is 9.87. The monoisotopic (exact) mass is 193 g/mol. The van der Waals surface area contributed by atoms with Crippen molar-refractivity contribution in [3.8, 4) is 0 Å². The van der Waals surface area contributed by atoms with Crippen molar-refractivity contribution < 1.29 is 14.3 Å². The van der Waals surface area contributed by atoms with E-state index in [1.165, 1.54) is 6.21 Å². The van der Waals surface area contributed by atoms with Gasteiger partial charge in [0.15, 0.2) is 0 Å². The van der Waals surface area contributed by atoms with E-state index in [4.69, 9.17) is 4.74 Å². The molecule has 0 radical (unpaired) electrons. The van der Waals surface area contributed by atoms with Crippen LogP contribution in [0, 0.1) is 5.92 Å². The third-order valence-corrected chi connectivity index (χ3v) is 2.66. The molecule has 0 aliphatic carbocycles. The lowest BCUT2D eigenvalue weighted by Crippen LogP contribution is -2.31. The molecule has 0 unspecified atom stereocenters. The second kappa shape index (κ2) is 3.46. The Morgan fingerprint density at radius 1 is 1.64 bits per heavy atom. The summed E-state index contributed by atoms with van der Waals surface area (Å²) < 4.78 is 5.40. The molecule has 0 fully saturated rings. The average molecular weight is 193 g/mol. The zero-order valence-corrected chi connectivity index (χ0v) is 7.90. The summed E-state index contributed by atoms with van der Waals surface area (Å²) in [5, 5.41) is 0. The van der Waals surface area contributed by atoms with E-state index in [2.05, 4.69) is 4.99 Å². The maximum Gasteiger partial charge on any atom is 0.260 e. The first-order valence-electron chi connectivity index (χ1n) is 4.61. The molecule has 2 rings (SSSR count). The summed E-state index contributed by atoms with van der Waals surface area (Å²) in [6.07, 6.45) is 2.80. The standard InChI is InChI=1S/C10H11NO3/c1-6-8-4-11-10(13)9(5-12)7(8)2-3-14-6/h4-6,9H,2-3H2,1H3/t6-,9-/m0/s1. The topological polar surface area (TPSA) is 55.7 Å². The van der Waals surface area contributed by atoms with Crippen LogP contribution < -0.4 is 0 Å². The molecule has 0 N–H and O–H groups in total. The van der Waals surface area contributed by atoms with Crippen LogP contribution in [0.2, 0.25) is 0 Å². The third-order valence-electron chi connectivity index (χ3n) is 2.66. The number of ether oxygens (including phenoxy) is 1. The highest BCUT2D eigenvalue weighted by atomic mass is 16.5. The SMILES string of the molecule is C[C@@H]1OCCC2=C1C=NC(=O)[C@H]2C=O. The van der Waals surface area contributed by atoms with E-state index >= 15 is 0 Å². The number of rotatable bonds is 1. The summed E-state index contributed by atoms with van der Waals surface area (Å²) >= 11 is 0. The minimum atomic E-state index is -0.665. The molecule has 74 valence electrons. The van der Waals surface area contributed by atoms with Crippen molar-refractivity contribution in [2.75, 3.05) is 6.61 Å². The van der Waals surface area contributed by atoms with E-state index in [1.54, 1.807) is 0 Å². The Labute approximate surface area is 81.7 Å². The van der Waals surface area contributed by atoms with Crippen LogP contribution in [0.4, 0.5) is 0 Å². The van der Waals surface area contributed by atoms with Crippen LogP contribution in [-0.2, 0) is 14.3 Å². The van der Waals surface area contributed by atoms with Crippen LogP contribution in [0.3, 0.4) is 0 Å². The fourth-order valence-corrected chi connectivity index (χ4v) is 1.87. The Bertz CT molecular complexity index is 343. The first-order valence-corrected chi connectivity index (χ1v) is 4.61. The van der Waals surface area contributed by atoms with Gasteiger partial charge in [0.1, 0.15) is 12.2 Å². The molecule has 2 aliphatic rings. The van der Waals surface area contributed by atoms with Gasteiger partial charge in [-0.25, -0.2) is 4.99 Å². The van der Waals surface area contributed by atoms with Gasteiger partial charge in [0.2, 0.25) is 0 Å². The number of hydrogen-bond acceptors (Lipinski definition) is 3. The Morgan fingerprint density at radius 3 is 3.14 bits per heavy atom. The van der Waals surface area contributed by atoms with Gasteiger partial charge < -0.3 is 9.53 Å². The van der Waals surface area contributed by atoms with E-state index in [0.717, 1.165) is 11.1 Å². The summed E-state index contributed by atoms with van der Waals surface area (Å²) in [5.41, 5.74) is 1.78. The molecule has 4 nitrogen and oxygen atoms in total. The van der Waals surface area contributed by atoms with E-state index < -0.39 is 5.92 Å². The highest BCUT2D eigenvalue weighted by Crippen LogP contribution is 2.28. The summed E-state index contributed by atoms with van der Waals surface area (Å²) in [7, 11) is 0. The molecule has 0 spiro atoms. The molecule has 2 heterocycles. The number of amides is 1. The molecule has 0 aromatic heterocycles. The molecule has 14 heavy (non-hydrogen) atoms. The van der Waals surface area contributed by atoms with Gasteiger partial charge in [-0.2, -0.15) is 0 Å². The number of dihydropyridines is 1. The number of carbonyl (C=O) groups excluding carboxylic acids is 2.